The van der Waals surface area contributed by atoms with Gasteiger partial charge in [-0.3, -0.25) is 4.79 Å². The molecule has 1 rings (SSSR count). The van der Waals surface area contributed by atoms with Crippen LogP contribution in [0.4, 0.5) is 0 Å². The molecule has 12 heavy (non-hydrogen) atoms. The molecule has 72 valence electrons. The molecule has 0 radical (unpaired) electrons. The molecule has 0 saturated carbocycles. The summed E-state index contributed by atoms with van der Waals surface area (Å²) in [6.45, 7) is 4.19. The van der Waals surface area contributed by atoms with Crippen LogP contribution < -0.4 is 5.73 Å². The van der Waals surface area contributed by atoms with Gasteiger partial charge >= 0.3 is 0 Å². The van der Waals surface area contributed by atoms with Crippen LogP contribution >= 0.6 is 12.4 Å². The first-order chi connectivity index (χ1) is 5.24. The minimum atomic E-state index is 0. The number of amides is 1. The van der Waals surface area contributed by atoms with Gasteiger partial charge in [0.15, 0.2) is 0 Å². The van der Waals surface area contributed by atoms with Gasteiger partial charge < -0.3 is 10.6 Å². The first kappa shape index (κ1) is 11.7. The maximum absolute atomic E-state index is 11.1. The number of nitrogens with zero attached hydrogens (tertiary/aromatic N) is 1. The number of likely N-dealkylation sites (tertiary alicyclic amines) is 1. The fourth-order valence-electron chi connectivity index (χ4n) is 1.39. The molecule has 1 aliphatic rings. The lowest BCUT2D eigenvalue weighted by Gasteiger charge is -2.29. The summed E-state index contributed by atoms with van der Waals surface area (Å²) in [6, 6.07) is 0. The van der Waals surface area contributed by atoms with Crippen molar-refractivity contribution in [3.63, 3.8) is 0 Å². The lowest BCUT2D eigenvalue weighted by Crippen LogP contribution is -2.41. The summed E-state index contributed by atoms with van der Waals surface area (Å²) in [5, 5.41) is 0. The Labute approximate surface area is 79.7 Å². The second-order valence-corrected chi connectivity index (χ2v) is 3.27. The van der Waals surface area contributed by atoms with E-state index in [0.29, 0.717) is 0 Å². The van der Waals surface area contributed by atoms with E-state index in [4.69, 9.17) is 5.73 Å². The molecule has 1 aliphatic heterocycles. The number of carbonyl (C=O) groups is 1. The highest BCUT2D eigenvalue weighted by atomic mass is 35.5. The lowest BCUT2D eigenvalue weighted by atomic mass is 9.99. The molecule has 2 N–H and O–H groups in total. The Hall–Kier alpha value is -0.280. The van der Waals surface area contributed by atoms with E-state index in [2.05, 4.69) is 6.92 Å². The van der Waals surface area contributed by atoms with Gasteiger partial charge in [-0.25, -0.2) is 0 Å². The third kappa shape index (κ3) is 2.99. The zero-order valence-electron chi connectivity index (χ0n) is 7.45. The van der Waals surface area contributed by atoms with Crippen LogP contribution in [0, 0.1) is 5.92 Å². The normalized spacial score (nSPS) is 18.7. The fraction of sp³-hybridized carbons (Fsp3) is 0.875. The van der Waals surface area contributed by atoms with Gasteiger partial charge in [0.2, 0.25) is 5.91 Å². The van der Waals surface area contributed by atoms with Crippen molar-refractivity contribution in [1.29, 1.82) is 0 Å². The quantitative estimate of drug-likeness (QED) is 0.663. The first-order valence-corrected chi connectivity index (χ1v) is 4.22. The van der Waals surface area contributed by atoms with Crippen LogP contribution in [0.2, 0.25) is 0 Å². The second kappa shape index (κ2) is 5.38. The van der Waals surface area contributed by atoms with Crippen LogP contribution in [0.1, 0.15) is 19.8 Å². The van der Waals surface area contributed by atoms with Gasteiger partial charge in [-0.05, 0) is 18.8 Å². The zero-order valence-corrected chi connectivity index (χ0v) is 8.27. The van der Waals surface area contributed by atoms with Crippen molar-refractivity contribution in [2.75, 3.05) is 19.6 Å². The number of halogens is 1. The van der Waals surface area contributed by atoms with E-state index < -0.39 is 0 Å². The standard InChI is InChI=1S/C8H16N2O.ClH/c1-7-2-4-10(5-3-7)8(11)6-9;/h7H,2-6,9H2,1H3;1H. The molecule has 0 spiro atoms. The molecule has 0 unspecified atom stereocenters. The highest BCUT2D eigenvalue weighted by Crippen LogP contribution is 2.15. The van der Waals surface area contributed by atoms with Gasteiger partial charge in [-0.1, -0.05) is 6.92 Å². The maximum Gasteiger partial charge on any atom is 0.236 e. The molecular weight excluding hydrogens is 176 g/mol. The summed E-state index contributed by atoms with van der Waals surface area (Å²) < 4.78 is 0. The van der Waals surface area contributed by atoms with Crippen molar-refractivity contribution < 1.29 is 4.79 Å². The van der Waals surface area contributed by atoms with E-state index in [9.17, 15) is 4.79 Å². The van der Waals surface area contributed by atoms with E-state index in [-0.39, 0.29) is 24.9 Å². The van der Waals surface area contributed by atoms with Gasteiger partial charge in [0.1, 0.15) is 0 Å². The van der Waals surface area contributed by atoms with Gasteiger partial charge in [-0.2, -0.15) is 0 Å². The molecule has 0 bridgehead atoms. The Morgan fingerprint density at radius 2 is 2.00 bits per heavy atom. The highest BCUT2D eigenvalue weighted by Gasteiger charge is 2.18. The SMILES string of the molecule is CC1CCN(C(=O)CN)CC1.Cl. The van der Waals surface area contributed by atoms with Gasteiger partial charge in [0, 0.05) is 13.1 Å². The molecule has 1 fully saturated rings. The fourth-order valence-corrected chi connectivity index (χ4v) is 1.39. The van der Waals surface area contributed by atoms with E-state index in [1.54, 1.807) is 0 Å². The average Bonchev–Trinajstić information content (AvgIpc) is 2.05. The van der Waals surface area contributed by atoms with Crippen LogP contribution in [-0.4, -0.2) is 30.4 Å². The number of rotatable bonds is 1. The number of carbonyl (C=O) groups excluding carboxylic acids is 1. The van der Waals surface area contributed by atoms with Crippen LogP contribution in [0.15, 0.2) is 0 Å². The van der Waals surface area contributed by atoms with Gasteiger partial charge in [0.05, 0.1) is 6.54 Å². The number of hydrogen-bond acceptors (Lipinski definition) is 2. The summed E-state index contributed by atoms with van der Waals surface area (Å²) in [5.74, 6) is 0.869. The first-order valence-electron chi connectivity index (χ1n) is 4.22. The van der Waals surface area contributed by atoms with Crippen molar-refractivity contribution in [2.24, 2.45) is 11.7 Å². The maximum atomic E-state index is 11.1. The number of piperidine rings is 1. The Bertz CT molecular complexity index is 144. The Morgan fingerprint density at radius 3 is 2.42 bits per heavy atom. The molecule has 0 aliphatic carbocycles. The summed E-state index contributed by atoms with van der Waals surface area (Å²) in [4.78, 5) is 12.9. The van der Waals surface area contributed by atoms with Gasteiger partial charge in [-0.15, -0.1) is 12.4 Å². The minimum absolute atomic E-state index is 0. The van der Waals surface area contributed by atoms with Crippen molar-refractivity contribution in [3.8, 4) is 0 Å². The van der Waals surface area contributed by atoms with E-state index in [0.717, 1.165) is 31.8 Å². The van der Waals surface area contributed by atoms with Crippen molar-refractivity contribution in [2.45, 2.75) is 19.8 Å². The largest absolute Gasteiger partial charge is 0.342 e. The third-order valence-corrected chi connectivity index (χ3v) is 2.31. The molecule has 1 saturated heterocycles. The molecule has 0 aromatic carbocycles. The van der Waals surface area contributed by atoms with Crippen LogP contribution in [0.3, 0.4) is 0 Å². The van der Waals surface area contributed by atoms with E-state index in [1.165, 1.54) is 0 Å². The molecule has 1 amide bonds. The number of hydrogen-bond donors (Lipinski definition) is 1. The van der Waals surface area contributed by atoms with Crippen LogP contribution in [0.5, 0.6) is 0 Å². The molecule has 3 nitrogen and oxygen atoms in total. The van der Waals surface area contributed by atoms with Crippen molar-refractivity contribution >= 4 is 18.3 Å². The predicted molar refractivity (Wildman–Crippen MR) is 51.3 cm³/mol. The third-order valence-electron chi connectivity index (χ3n) is 2.31. The van der Waals surface area contributed by atoms with Crippen LogP contribution in [0.25, 0.3) is 0 Å². The molecule has 0 aromatic heterocycles. The Balaban J connectivity index is 0.00000121. The predicted octanol–water partition coefficient (Wildman–Crippen LogP) is 0.625. The summed E-state index contributed by atoms with van der Waals surface area (Å²) >= 11 is 0. The topological polar surface area (TPSA) is 46.3 Å². The highest BCUT2D eigenvalue weighted by molar-refractivity contribution is 5.85. The Kier molecular flexibility index (Phi) is 5.25. The summed E-state index contributed by atoms with van der Waals surface area (Å²) in [7, 11) is 0. The molecule has 4 heteroatoms. The Morgan fingerprint density at radius 1 is 1.50 bits per heavy atom. The number of nitrogens with two attached hydrogens (primary N) is 1. The lowest BCUT2D eigenvalue weighted by molar-refractivity contribution is -0.130. The summed E-state index contributed by atoms with van der Waals surface area (Å²) in [6.07, 6.45) is 2.26. The molecule has 0 atom stereocenters. The average molecular weight is 193 g/mol. The monoisotopic (exact) mass is 192 g/mol. The molecule has 1 heterocycles. The van der Waals surface area contributed by atoms with Crippen molar-refractivity contribution in [3.05, 3.63) is 0 Å². The smallest absolute Gasteiger partial charge is 0.236 e. The van der Waals surface area contributed by atoms with E-state index in [1.807, 2.05) is 4.90 Å². The second-order valence-electron chi connectivity index (χ2n) is 3.27. The van der Waals surface area contributed by atoms with Gasteiger partial charge in [0.25, 0.3) is 0 Å². The van der Waals surface area contributed by atoms with Crippen LogP contribution in [-0.2, 0) is 4.79 Å². The molecule has 0 aromatic rings. The van der Waals surface area contributed by atoms with E-state index >= 15 is 0 Å². The summed E-state index contributed by atoms with van der Waals surface area (Å²) in [5.41, 5.74) is 5.25. The molecular formula is C8H17ClN2O. The zero-order chi connectivity index (χ0) is 8.27. The minimum Gasteiger partial charge on any atom is -0.342 e. The van der Waals surface area contributed by atoms with Crippen molar-refractivity contribution in [1.82, 2.24) is 4.90 Å².